The summed E-state index contributed by atoms with van der Waals surface area (Å²) in [6.07, 6.45) is -5.04. The van der Waals surface area contributed by atoms with Gasteiger partial charge in [0, 0.05) is 12.8 Å². The highest BCUT2D eigenvalue weighted by molar-refractivity contribution is 4.88. The third kappa shape index (κ3) is 5.62. The number of halogens is 3. The van der Waals surface area contributed by atoms with Gasteiger partial charge in [-0.05, 0) is 25.0 Å². The maximum absolute atomic E-state index is 11.9. The van der Waals surface area contributed by atoms with Gasteiger partial charge in [-0.2, -0.15) is 18.0 Å². The Morgan fingerprint density at radius 3 is 2.41 bits per heavy atom. The summed E-state index contributed by atoms with van der Waals surface area (Å²) >= 11 is 0. The molecule has 1 atom stereocenters. The maximum atomic E-state index is 11.9. The number of aryl methyl sites for hydroxylation is 1. The van der Waals surface area contributed by atoms with Crippen molar-refractivity contribution in [2.24, 2.45) is 7.05 Å². The predicted octanol–water partition coefficient (Wildman–Crippen LogP) is 1.24. The summed E-state index contributed by atoms with van der Waals surface area (Å²) < 4.78 is 35.8. The smallest absolute Gasteiger partial charge is 0.389 e. The first-order valence-corrected chi connectivity index (χ1v) is 5.20. The molecule has 0 aromatic carbocycles. The Hall–Kier alpha value is -1.18. The molecule has 0 bridgehead atoms. The fourth-order valence-corrected chi connectivity index (χ4v) is 1.49. The topological polar surface area (TPSA) is 63.8 Å². The molecule has 8 heteroatoms. The van der Waals surface area contributed by atoms with Crippen molar-refractivity contribution in [1.82, 2.24) is 20.2 Å². The first-order chi connectivity index (χ1) is 7.68. The van der Waals surface area contributed by atoms with Gasteiger partial charge in [0.1, 0.15) is 0 Å². The molecule has 0 fully saturated rings. The van der Waals surface area contributed by atoms with E-state index in [1.165, 1.54) is 11.7 Å². The van der Waals surface area contributed by atoms with Gasteiger partial charge in [0.05, 0.1) is 12.6 Å². The van der Waals surface area contributed by atoms with E-state index in [-0.39, 0.29) is 19.3 Å². The molecule has 1 aromatic heterocycles. The van der Waals surface area contributed by atoms with Crippen LogP contribution >= 0.6 is 0 Å². The third-order valence-corrected chi connectivity index (χ3v) is 2.26. The predicted molar refractivity (Wildman–Crippen MR) is 53.0 cm³/mol. The van der Waals surface area contributed by atoms with E-state index in [4.69, 9.17) is 0 Å². The van der Waals surface area contributed by atoms with Crippen LogP contribution in [-0.4, -0.2) is 37.1 Å². The normalized spacial score (nSPS) is 15.9. The largest absolute Gasteiger partial charge is 0.390 e. The van der Waals surface area contributed by atoms with Crippen LogP contribution in [0.5, 0.6) is 0 Å². The molecule has 1 heterocycles. The fourth-order valence-electron chi connectivity index (χ4n) is 1.49. The molecule has 0 amide bonds. The molecule has 0 spiro atoms. The van der Waals surface area contributed by atoms with Crippen LogP contribution in [0.3, 0.4) is 0 Å². The second-order valence-corrected chi connectivity index (χ2v) is 4.34. The van der Waals surface area contributed by atoms with Crippen molar-refractivity contribution in [1.29, 1.82) is 0 Å². The van der Waals surface area contributed by atoms with Crippen molar-refractivity contribution in [3.05, 3.63) is 5.82 Å². The second kappa shape index (κ2) is 4.99. The van der Waals surface area contributed by atoms with Gasteiger partial charge in [-0.15, -0.1) is 10.2 Å². The average Bonchev–Trinajstić information content (AvgIpc) is 2.47. The van der Waals surface area contributed by atoms with Crippen LogP contribution in [0.1, 0.15) is 32.0 Å². The summed E-state index contributed by atoms with van der Waals surface area (Å²) in [5.74, 6) is 0.324. The second-order valence-electron chi connectivity index (χ2n) is 4.34. The maximum Gasteiger partial charge on any atom is 0.389 e. The Morgan fingerprint density at radius 2 is 1.94 bits per heavy atom. The van der Waals surface area contributed by atoms with Crippen molar-refractivity contribution in [3.63, 3.8) is 0 Å². The number of nitrogens with zero attached hydrogens (tertiary/aromatic N) is 4. The number of alkyl halides is 3. The van der Waals surface area contributed by atoms with E-state index < -0.39 is 18.2 Å². The Balaban J connectivity index is 2.41. The molecule has 0 radical (unpaired) electrons. The van der Waals surface area contributed by atoms with Gasteiger partial charge in [0.2, 0.25) is 0 Å². The molecule has 17 heavy (non-hydrogen) atoms. The zero-order chi connectivity index (χ0) is 13.1. The lowest BCUT2D eigenvalue weighted by atomic mass is 9.95. The molecule has 0 saturated carbocycles. The van der Waals surface area contributed by atoms with Crippen molar-refractivity contribution >= 4 is 0 Å². The highest BCUT2D eigenvalue weighted by atomic mass is 19.4. The molecule has 0 saturated heterocycles. The highest BCUT2D eigenvalue weighted by Crippen LogP contribution is 2.25. The number of aromatic nitrogens is 4. The van der Waals surface area contributed by atoms with Gasteiger partial charge in [-0.25, -0.2) is 0 Å². The van der Waals surface area contributed by atoms with E-state index >= 15 is 0 Å². The van der Waals surface area contributed by atoms with Crippen molar-refractivity contribution in [2.45, 2.75) is 44.4 Å². The number of tetrazole rings is 1. The van der Waals surface area contributed by atoms with Gasteiger partial charge in [0.25, 0.3) is 0 Å². The van der Waals surface area contributed by atoms with E-state index in [1.54, 1.807) is 7.05 Å². The van der Waals surface area contributed by atoms with Crippen molar-refractivity contribution in [2.75, 3.05) is 0 Å². The average molecular weight is 252 g/mol. The summed E-state index contributed by atoms with van der Waals surface area (Å²) in [7, 11) is 1.58. The van der Waals surface area contributed by atoms with Gasteiger partial charge < -0.3 is 5.11 Å². The molecule has 5 nitrogen and oxygen atoms in total. The Kier molecular flexibility index (Phi) is 4.07. The Morgan fingerprint density at radius 1 is 1.29 bits per heavy atom. The Labute approximate surface area is 96.6 Å². The summed E-state index contributed by atoms with van der Waals surface area (Å²) in [5, 5.41) is 21.0. The zero-order valence-electron chi connectivity index (χ0n) is 9.70. The number of hydrogen-bond acceptors (Lipinski definition) is 4. The lowest BCUT2D eigenvalue weighted by molar-refractivity contribution is -0.137. The van der Waals surface area contributed by atoms with Crippen LogP contribution in [0.2, 0.25) is 0 Å². The molecule has 0 aliphatic rings. The van der Waals surface area contributed by atoms with Crippen LogP contribution in [0.4, 0.5) is 13.2 Å². The van der Waals surface area contributed by atoms with E-state index in [0.29, 0.717) is 5.82 Å². The van der Waals surface area contributed by atoms with Crippen molar-refractivity contribution in [3.8, 4) is 0 Å². The molecular formula is C9H15F3N4O. The Bertz CT molecular complexity index is 361. The number of aliphatic hydroxyl groups is 1. The number of hydrogen-bond donors (Lipinski definition) is 1. The summed E-state index contributed by atoms with van der Waals surface area (Å²) in [6.45, 7) is 1.47. The van der Waals surface area contributed by atoms with Gasteiger partial charge >= 0.3 is 6.18 Å². The van der Waals surface area contributed by atoms with Crippen molar-refractivity contribution < 1.29 is 18.3 Å². The first-order valence-electron chi connectivity index (χ1n) is 5.20. The van der Waals surface area contributed by atoms with Gasteiger partial charge in [0.15, 0.2) is 5.82 Å². The molecule has 98 valence electrons. The minimum atomic E-state index is -4.18. The highest BCUT2D eigenvalue weighted by Gasteiger charge is 2.29. The minimum Gasteiger partial charge on any atom is -0.390 e. The van der Waals surface area contributed by atoms with Crippen LogP contribution < -0.4 is 0 Å². The molecule has 0 aliphatic heterocycles. The van der Waals surface area contributed by atoms with Crippen LogP contribution in [0.25, 0.3) is 0 Å². The molecule has 0 aliphatic carbocycles. The quantitative estimate of drug-likeness (QED) is 0.856. The number of rotatable bonds is 5. The summed E-state index contributed by atoms with van der Waals surface area (Å²) in [6, 6.07) is 0. The van der Waals surface area contributed by atoms with E-state index in [9.17, 15) is 18.3 Å². The zero-order valence-corrected chi connectivity index (χ0v) is 9.70. The minimum absolute atomic E-state index is 0.0464. The molecule has 1 aromatic rings. The fraction of sp³-hybridized carbons (Fsp3) is 0.889. The SMILES string of the molecule is Cn1nnc(CC(C)(O)CCCC(F)(F)F)n1. The van der Waals surface area contributed by atoms with Crippen LogP contribution in [0, 0.1) is 0 Å². The van der Waals surface area contributed by atoms with Crippen LogP contribution in [0.15, 0.2) is 0 Å². The van der Waals surface area contributed by atoms with Gasteiger partial charge in [-0.3, -0.25) is 0 Å². The standard InChI is InChI=1S/C9H15F3N4O/c1-8(17,4-3-5-9(10,11)12)6-7-13-15-16(2)14-7/h17H,3-6H2,1-2H3. The molecule has 1 rings (SSSR count). The summed E-state index contributed by atoms with van der Waals surface area (Å²) in [4.78, 5) is 1.24. The van der Waals surface area contributed by atoms with E-state index in [0.717, 1.165) is 0 Å². The van der Waals surface area contributed by atoms with E-state index in [2.05, 4.69) is 15.4 Å². The lowest BCUT2D eigenvalue weighted by Gasteiger charge is -2.21. The lowest BCUT2D eigenvalue weighted by Crippen LogP contribution is -2.28. The molecule has 1 N–H and O–H groups in total. The van der Waals surface area contributed by atoms with Crippen LogP contribution in [-0.2, 0) is 13.5 Å². The molecule has 1 unspecified atom stereocenters. The first kappa shape index (κ1) is 13.9. The summed E-state index contributed by atoms with van der Waals surface area (Å²) in [5.41, 5.74) is -1.24. The van der Waals surface area contributed by atoms with Gasteiger partial charge in [-0.1, -0.05) is 0 Å². The molecular weight excluding hydrogens is 237 g/mol. The van der Waals surface area contributed by atoms with E-state index in [1.807, 2.05) is 0 Å². The third-order valence-electron chi connectivity index (χ3n) is 2.26. The monoisotopic (exact) mass is 252 g/mol.